The van der Waals surface area contributed by atoms with E-state index in [9.17, 15) is 9.59 Å². The second-order valence-corrected chi connectivity index (χ2v) is 4.52. The van der Waals surface area contributed by atoms with Crippen molar-refractivity contribution in [2.24, 2.45) is 0 Å². The van der Waals surface area contributed by atoms with E-state index < -0.39 is 5.97 Å². The van der Waals surface area contributed by atoms with E-state index in [0.29, 0.717) is 25.3 Å². The molecule has 1 amide bonds. The molecule has 0 spiro atoms. The summed E-state index contributed by atoms with van der Waals surface area (Å²) in [6.07, 6.45) is 1.94. The topological polar surface area (TPSA) is 66.8 Å². The van der Waals surface area contributed by atoms with Gasteiger partial charge < -0.3 is 14.7 Å². The van der Waals surface area contributed by atoms with E-state index in [4.69, 9.17) is 9.84 Å². The molecule has 1 aromatic rings. The fourth-order valence-electron chi connectivity index (χ4n) is 1.80. The minimum absolute atomic E-state index is 0.0903. The summed E-state index contributed by atoms with van der Waals surface area (Å²) in [7, 11) is 1.60. The molecule has 0 aliphatic heterocycles. The molecule has 0 aliphatic rings. The summed E-state index contributed by atoms with van der Waals surface area (Å²) in [5.41, 5.74) is 0.681. The Labute approximate surface area is 119 Å². The maximum Gasteiger partial charge on any atom is 0.335 e. The quantitative estimate of drug-likeness (QED) is 0.792. The van der Waals surface area contributed by atoms with Crippen LogP contribution in [0.25, 0.3) is 0 Å². The van der Waals surface area contributed by atoms with Crippen LogP contribution in [0.15, 0.2) is 24.3 Å². The number of carboxylic acids is 1. The molecule has 0 unspecified atom stereocenters. The van der Waals surface area contributed by atoms with Crippen molar-refractivity contribution in [3.05, 3.63) is 35.4 Å². The number of carboxylic acid groups (broad SMARTS) is 1. The maximum absolute atomic E-state index is 12.4. The smallest absolute Gasteiger partial charge is 0.335 e. The highest BCUT2D eigenvalue weighted by Gasteiger charge is 2.15. The Kier molecular flexibility index (Phi) is 6.73. The van der Waals surface area contributed by atoms with Gasteiger partial charge in [0.25, 0.3) is 5.91 Å². The van der Waals surface area contributed by atoms with Gasteiger partial charge in [0.15, 0.2) is 0 Å². The van der Waals surface area contributed by atoms with Gasteiger partial charge in [0, 0.05) is 25.8 Å². The van der Waals surface area contributed by atoms with Gasteiger partial charge in [-0.1, -0.05) is 13.3 Å². The van der Waals surface area contributed by atoms with Crippen LogP contribution in [0.2, 0.25) is 0 Å². The molecule has 5 heteroatoms. The molecule has 0 heterocycles. The van der Waals surface area contributed by atoms with Crippen molar-refractivity contribution in [1.82, 2.24) is 4.90 Å². The third-order valence-electron chi connectivity index (χ3n) is 3.01. The molecule has 20 heavy (non-hydrogen) atoms. The lowest BCUT2D eigenvalue weighted by Gasteiger charge is -2.22. The van der Waals surface area contributed by atoms with E-state index in [-0.39, 0.29) is 11.5 Å². The molecule has 0 saturated heterocycles. The van der Waals surface area contributed by atoms with Gasteiger partial charge in [0.2, 0.25) is 0 Å². The second kappa shape index (κ2) is 8.32. The lowest BCUT2D eigenvalue weighted by Crippen LogP contribution is -2.34. The van der Waals surface area contributed by atoms with Gasteiger partial charge in [-0.2, -0.15) is 0 Å². The predicted molar refractivity (Wildman–Crippen MR) is 76.1 cm³/mol. The molecule has 1 aromatic carbocycles. The van der Waals surface area contributed by atoms with E-state index >= 15 is 0 Å². The second-order valence-electron chi connectivity index (χ2n) is 4.52. The number of ether oxygens (including phenoxy) is 1. The van der Waals surface area contributed by atoms with Crippen LogP contribution in [0.3, 0.4) is 0 Å². The highest BCUT2D eigenvalue weighted by molar-refractivity contribution is 5.95. The number of amides is 1. The van der Waals surface area contributed by atoms with Crippen LogP contribution in [0.1, 0.15) is 40.5 Å². The molecule has 0 aliphatic carbocycles. The summed E-state index contributed by atoms with van der Waals surface area (Å²) in [6, 6.07) is 6.00. The Morgan fingerprint density at radius 1 is 1.15 bits per heavy atom. The monoisotopic (exact) mass is 279 g/mol. The number of rotatable bonds is 8. The van der Waals surface area contributed by atoms with Crippen LogP contribution < -0.4 is 0 Å². The molecule has 0 fully saturated rings. The lowest BCUT2D eigenvalue weighted by molar-refractivity contribution is 0.0682. The van der Waals surface area contributed by atoms with Crippen molar-refractivity contribution in [2.75, 3.05) is 26.8 Å². The number of carbonyl (C=O) groups excluding carboxylic acids is 1. The molecule has 0 saturated carbocycles. The minimum Gasteiger partial charge on any atom is -0.478 e. The Morgan fingerprint density at radius 3 is 2.25 bits per heavy atom. The van der Waals surface area contributed by atoms with E-state index in [1.165, 1.54) is 12.1 Å². The number of aromatic carboxylic acids is 1. The fraction of sp³-hybridized carbons (Fsp3) is 0.467. The van der Waals surface area contributed by atoms with Crippen molar-refractivity contribution in [2.45, 2.75) is 19.8 Å². The summed E-state index contributed by atoms with van der Waals surface area (Å²) in [5.74, 6) is -1.08. The van der Waals surface area contributed by atoms with Gasteiger partial charge in [0.1, 0.15) is 0 Å². The first kappa shape index (κ1) is 16.2. The zero-order valence-electron chi connectivity index (χ0n) is 12.0. The van der Waals surface area contributed by atoms with Crippen molar-refractivity contribution < 1.29 is 19.4 Å². The Balaban J connectivity index is 2.78. The molecule has 110 valence electrons. The third-order valence-corrected chi connectivity index (χ3v) is 3.01. The van der Waals surface area contributed by atoms with Crippen molar-refractivity contribution in [3.8, 4) is 0 Å². The molecule has 0 radical (unpaired) electrons. The number of methoxy groups -OCH3 is 1. The van der Waals surface area contributed by atoms with Crippen LogP contribution in [-0.2, 0) is 4.74 Å². The number of carbonyl (C=O) groups is 2. The number of hydrogen-bond acceptors (Lipinski definition) is 3. The number of benzene rings is 1. The zero-order chi connectivity index (χ0) is 15.0. The van der Waals surface area contributed by atoms with E-state index in [2.05, 4.69) is 6.92 Å². The number of hydrogen-bond donors (Lipinski definition) is 1. The summed E-state index contributed by atoms with van der Waals surface area (Å²) >= 11 is 0. The van der Waals surface area contributed by atoms with Crippen LogP contribution in [0, 0.1) is 0 Å². The first-order valence-electron chi connectivity index (χ1n) is 6.71. The van der Waals surface area contributed by atoms with E-state index in [1.807, 2.05) is 0 Å². The molecule has 0 bridgehead atoms. The minimum atomic E-state index is -0.994. The molecule has 0 aromatic heterocycles. The van der Waals surface area contributed by atoms with Crippen molar-refractivity contribution >= 4 is 11.9 Å². The Morgan fingerprint density at radius 2 is 1.75 bits per heavy atom. The van der Waals surface area contributed by atoms with Gasteiger partial charge >= 0.3 is 5.97 Å². The highest BCUT2D eigenvalue weighted by Crippen LogP contribution is 2.09. The predicted octanol–water partition coefficient (Wildman–Crippen LogP) is 2.27. The normalized spacial score (nSPS) is 10.3. The molecule has 5 nitrogen and oxygen atoms in total. The Hall–Kier alpha value is -1.88. The van der Waals surface area contributed by atoms with Crippen LogP contribution >= 0.6 is 0 Å². The standard InChI is InChI=1S/C15H21NO4/c1-3-4-9-16(10-11-20-2)14(17)12-5-7-13(8-6-12)15(18)19/h5-8H,3-4,9-11H2,1-2H3,(H,18,19). The van der Waals surface area contributed by atoms with Crippen molar-refractivity contribution in [3.63, 3.8) is 0 Å². The largest absolute Gasteiger partial charge is 0.478 e. The van der Waals surface area contributed by atoms with Crippen molar-refractivity contribution in [1.29, 1.82) is 0 Å². The summed E-state index contributed by atoms with van der Waals surface area (Å²) in [6.45, 7) is 3.78. The molecule has 0 atom stereocenters. The van der Waals surface area contributed by atoms with Crippen LogP contribution in [0.5, 0.6) is 0 Å². The highest BCUT2D eigenvalue weighted by atomic mass is 16.5. The molecule has 1 N–H and O–H groups in total. The maximum atomic E-state index is 12.4. The van der Waals surface area contributed by atoms with Crippen LogP contribution in [-0.4, -0.2) is 48.7 Å². The average molecular weight is 279 g/mol. The van der Waals surface area contributed by atoms with Gasteiger partial charge in [-0.15, -0.1) is 0 Å². The molecular weight excluding hydrogens is 258 g/mol. The van der Waals surface area contributed by atoms with E-state index in [1.54, 1.807) is 24.1 Å². The summed E-state index contributed by atoms with van der Waals surface area (Å²) < 4.78 is 5.02. The zero-order valence-corrected chi connectivity index (χ0v) is 12.0. The van der Waals surface area contributed by atoms with Crippen LogP contribution in [0.4, 0.5) is 0 Å². The van der Waals surface area contributed by atoms with Gasteiger partial charge in [-0.3, -0.25) is 4.79 Å². The number of nitrogens with zero attached hydrogens (tertiary/aromatic N) is 1. The van der Waals surface area contributed by atoms with Gasteiger partial charge in [0.05, 0.1) is 12.2 Å². The first-order chi connectivity index (χ1) is 9.60. The SMILES string of the molecule is CCCCN(CCOC)C(=O)c1ccc(C(=O)O)cc1. The summed E-state index contributed by atoms with van der Waals surface area (Å²) in [4.78, 5) is 24.9. The van der Waals surface area contributed by atoms with E-state index in [0.717, 1.165) is 12.8 Å². The first-order valence-corrected chi connectivity index (χ1v) is 6.71. The van der Waals surface area contributed by atoms with Gasteiger partial charge in [-0.05, 0) is 30.7 Å². The molecular formula is C15H21NO4. The van der Waals surface area contributed by atoms with Gasteiger partial charge in [-0.25, -0.2) is 4.79 Å². The Bertz CT molecular complexity index is 434. The average Bonchev–Trinajstić information content (AvgIpc) is 2.47. The number of unbranched alkanes of at least 4 members (excludes halogenated alkanes) is 1. The fourth-order valence-corrected chi connectivity index (χ4v) is 1.80. The molecule has 1 rings (SSSR count). The summed E-state index contributed by atoms with van der Waals surface area (Å²) in [5, 5.41) is 8.84. The third kappa shape index (κ3) is 4.66. The lowest BCUT2D eigenvalue weighted by atomic mass is 10.1.